The molecule has 3 rings (SSSR count). The third-order valence-corrected chi connectivity index (χ3v) is 2.49. The Morgan fingerprint density at radius 1 is 1.21 bits per heavy atom. The van der Waals surface area contributed by atoms with Crippen molar-refractivity contribution in [3.63, 3.8) is 0 Å². The van der Waals surface area contributed by atoms with Crippen LogP contribution >= 0.6 is 0 Å². The first-order valence-corrected chi connectivity index (χ1v) is 4.46. The van der Waals surface area contributed by atoms with Crippen molar-refractivity contribution in [2.24, 2.45) is 0 Å². The van der Waals surface area contributed by atoms with Gasteiger partial charge in [-0.1, -0.05) is 24.3 Å². The molecule has 0 saturated carbocycles. The molecule has 0 saturated heterocycles. The molecule has 0 amide bonds. The zero-order chi connectivity index (χ0) is 9.54. The lowest BCUT2D eigenvalue weighted by Crippen LogP contribution is -1.94. The minimum absolute atomic E-state index is 0.579. The second kappa shape index (κ2) is 2.48. The quantitative estimate of drug-likeness (QED) is 0.561. The Bertz CT molecular complexity index is 568. The average Bonchev–Trinajstić information content (AvgIpc) is 2.59. The number of benzene rings is 1. The van der Waals surface area contributed by atoms with E-state index in [1.165, 1.54) is 10.8 Å². The number of nitrogens with one attached hydrogen (secondary N) is 1. The van der Waals surface area contributed by atoms with Gasteiger partial charge in [0, 0.05) is 10.9 Å². The summed E-state index contributed by atoms with van der Waals surface area (Å²) < 4.78 is 0. The summed E-state index contributed by atoms with van der Waals surface area (Å²) in [6.45, 7) is 0. The van der Waals surface area contributed by atoms with Gasteiger partial charge in [-0.2, -0.15) is 0 Å². The Morgan fingerprint density at radius 3 is 3.00 bits per heavy atom. The Morgan fingerprint density at radius 2 is 2.07 bits per heavy atom. The van der Waals surface area contributed by atoms with Gasteiger partial charge in [-0.3, -0.25) is 0 Å². The molecule has 3 nitrogen and oxygen atoms in total. The monoisotopic (exact) mass is 183 g/mol. The van der Waals surface area contributed by atoms with Crippen molar-refractivity contribution < 1.29 is 0 Å². The van der Waals surface area contributed by atoms with Crippen molar-refractivity contribution in [1.82, 2.24) is 9.97 Å². The van der Waals surface area contributed by atoms with Crippen LogP contribution in [0.15, 0.2) is 36.7 Å². The summed E-state index contributed by atoms with van der Waals surface area (Å²) in [4.78, 5) is 7.15. The lowest BCUT2D eigenvalue weighted by atomic mass is 10.2. The molecule has 0 atom stereocenters. The first-order chi connectivity index (χ1) is 6.86. The average molecular weight is 183 g/mol. The van der Waals surface area contributed by atoms with Gasteiger partial charge >= 0.3 is 0 Å². The van der Waals surface area contributed by atoms with Crippen LogP contribution in [0.5, 0.6) is 0 Å². The highest BCUT2D eigenvalue weighted by molar-refractivity contribution is 6.02. The van der Waals surface area contributed by atoms with E-state index in [0.717, 1.165) is 11.3 Å². The highest BCUT2D eigenvalue weighted by Gasteiger charge is 2.12. The van der Waals surface area contributed by atoms with Gasteiger partial charge in [0.2, 0.25) is 0 Å². The van der Waals surface area contributed by atoms with E-state index in [4.69, 9.17) is 5.73 Å². The van der Waals surface area contributed by atoms with Gasteiger partial charge in [-0.25, -0.2) is 4.98 Å². The molecular formula is C11H9N3. The number of anilines is 1. The second-order valence-electron chi connectivity index (χ2n) is 3.31. The number of hydrogen-bond acceptors (Lipinski definition) is 2. The first kappa shape index (κ1) is 7.38. The zero-order valence-corrected chi connectivity index (χ0v) is 7.49. The van der Waals surface area contributed by atoms with Crippen LogP contribution < -0.4 is 5.73 Å². The summed E-state index contributed by atoms with van der Waals surface area (Å²) in [5, 5.41) is 2.38. The Labute approximate surface area is 80.9 Å². The van der Waals surface area contributed by atoms with Crippen LogP contribution in [-0.2, 0) is 0 Å². The number of nitrogens with two attached hydrogens (primary N) is 1. The van der Waals surface area contributed by atoms with Crippen molar-refractivity contribution in [3.05, 3.63) is 36.7 Å². The van der Waals surface area contributed by atoms with Crippen LogP contribution in [0.1, 0.15) is 0 Å². The summed E-state index contributed by atoms with van der Waals surface area (Å²) in [7, 11) is 0. The third kappa shape index (κ3) is 0.836. The summed E-state index contributed by atoms with van der Waals surface area (Å²) in [6, 6.07) is 10.2. The number of nitrogen functional groups attached to an aromatic ring is 1. The van der Waals surface area contributed by atoms with E-state index in [-0.39, 0.29) is 0 Å². The molecule has 0 unspecified atom stereocenters. The summed E-state index contributed by atoms with van der Waals surface area (Å²) in [6.07, 6.45) is 1.63. The topological polar surface area (TPSA) is 54.7 Å². The second-order valence-corrected chi connectivity index (χ2v) is 3.31. The number of fused-ring (bicyclic) bond motifs is 3. The van der Waals surface area contributed by atoms with Crippen molar-refractivity contribution >= 4 is 16.6 Å². The molecule has 1 aliphatic heterocycles. The lowest BCUT2D eigenvalue weighted by molar-refractivity contribution is 1.19. The number of aromatic nitrogens is 2. The largest absolute Gasteiger partial charge is 0.383 e. The van der Waals surface area contributed by atoms with Crippen molar-refractivity contribution in [2.45, 2.75) is 0 Å². The van der Waals surface area contributed by atoms with Crippen LogP contribution in [0.2, 0.25) is 0 Å². The van der Waals surface area contributed by atoms with Gasteiger partial charge in [0.15, 0.2) is 0 Å². The number of rotatable bonds is 0. The van der Waals surface area contributed by atoms with E-state index in [1.54, 1.807) is 6.33 Å². The van der Waals surface area contributed by atoms with Gasteiger partial charge in [0.1, 0.15) is 5.82 Å². The molecule has 0 fully saturated rings. The van der Waals surface area contributed by atoms with Crippen LogP contribution in [-0.4, -0.2) is 9.97 Å². The maximum Gasteiger partial charge on any atom is 0.134 e. The molecule has 3 N–H and O–H groups in total. The Hall–Kier alpha value is -2.03. The van der Waals surface area contributed by atoms with Gasteiger partial charge < -0.3 is 10.7 Å². The van der Waals surface area contributed by atoms with Gasteiger partial charge in [0.25, 0.3) is 0 Å². The fourth-order valence-corrected chi connectivity index (χ4v) is 1.82. The first-order valence-electron chi connectivity index (χ1n) is 4.46. The molecule has 3 heteroatoms. The predicted molar refractivity (Wildman–Crippen MR) is 57.1 cm³/mol. The van der Waals surface area contributed by atoms with Gasteiger partial charge in [-0.05, 0) is 11.5 Å². The van der Waals surface area contributed by atoms with Crippen LogP contribution in [0.3, 0.4) is 0 Å². The van der Waals surface area contributed by atoms with Gasteiger partial charge in [-0.15, -0.1) is 0 Å². The van der Waals surface area contributed by atoms with E-state index >= 15 is 0 Å². The minimum atomic E-state index is 0.579. The fourth-order valence-electron chi connectivity index (χ4n) is 1.82. The van der Waals surface area contributed by atoms with E-state index in [9.17, 15) is 0 Å². The molecule has 1 aliphatic carbocycles. The van der Waals surface area contributed by atoms with Crippen LogP contribution in [0, 0.1) is 0 Å². The Kier molecular flexibility index (Phi) is 1.31. The highest BCUT2D eigenvalue weighted by Crippen LogP contribution is 2.34. The van der Waals surface area contributed by atoms with Gasteiger partial charge in [0.05, 0.1) is 12.0 Å². The lowest BCUT2D eigenvalue weighted by Gasteiger charge is -2.01. The smallest absolute Gasteiger partial charge is 0.134 e. The fraction of sp³-hybridized carbons (Fsp3) is 0. The van der Waals surface area contributed by atoms with E-state index in [1.807, 2.05) is 12.1 Å². The third-order valence-electron chi connectivity index (χ3n) is 2.49. The number of hydrogen-bond donors (Lipinski definition) is 2. The van der Waals surface area contributed by atoms with E-state index < -0.39 is 0 Å². The van der Waals surface area contributed by atoms with Crippen molar-refractivity contribution in [2.75, 3.05) is 5.73 Å². The maximum absolute atomic E-state index is 5.79. The molecule has 0 bridgehead atoms. The highest BCUT2D eigenvalue weighted by atomic mass is 14.9. The standard InChI is InChI=1S/C11H9N3/c12-11-9-5-7-3-1-2-4-8(7)10(9)13-6-14-11/h1-6H,12H2,(H,13,14). The van der Waals surface area contributed by atoms with Crippen LogP contribution in [0.4, 0.5) is 5.82 Å². The van der Waals surface area contributed by atoms with Crippen molar-refractivity contribution in [3.8, 4) is 11.3 Å². The molecule has 0 spiro atoms. The zero-order valence-electron chi connectivity index (χ0n) is 7.49. The molecule has 1 aromatic carbocycles. The number of aromatic amines is 1. The molecule has 1 heterocycles. The number of H-pyrrole nitrogens is 1. The Balaban J connectivity index is 2.55. The maximum atomic E-state index is 5.79. The predicted octanol–water partition coefficient (Wildman–Crippen LogP) is 2.25. The molecule has 0 radical (unpaired) electrons. The minimum Gasteiger partial charge on any atom is -0.383 e. The molecule has 2 aliphatic rings. The van der Waals surface area contributed by atoms with Crippen LogP contribution in [0.25, 0.3) is 22.0 Å². The SMILES string of the molecule is Nc1nc[nH]c2c3ccccc3cc1-2. The van der Waals surface area contributed by atoms with E-state index in [0.29, 0.717) is 5.82 Å². The molecule has 1 aromatic rings. The summed E-state index contributed by atoms with van der Waals surface area (Å²) in [5.74, 6) is 0.579. The van der Waals surface area contributed by atoms with E-state index in [2.05, 4.69) is 28.2 Å². The van der Waals surface area contributed by atoms with Crippen molar-refractivity contribution in [1.29, 1.82) is 0 Å². The summed E-state index contributed by atoms with van der Waals surface area (Å²) in [5.41, 5.74) is 7.85. The summed E-state index contributed by atoms with van der Waals surface area (Å²) >= 11 is 0. The normalized spacial score (nSPS) is 11.1. The molecule has 68 valence electrons. The number of nitrogens with zero attached hydrogens (tertiary/aromatic N) is 1. The molecule has 0 aromatic heterocycles. The molecule has 14 heavy (non-hydrogen) atoms. The molecular weight excluding hydrogens is 174 g/mol.